The maximum Gasteiger partial charge on any atom is 0.344 e. The second kappa shape index (κ2) is 8.49. The van der Waals surface area contributed by atoms with Crippen LogP contribution in [0.4, 0.5) is 11.4 Å². The third-order valence-electron chi connectivity index (χ3n) is 3.65. The van der Waals surface area contributed by atoms with Gasteiger partial charge in [0.1, 0.15) is 16.4 Å². The summed E-state index contributed by atoms with van der Waals surface area (Å²) in [5, 5.41) is 21.8. The third kappa shape index (κ3) is 4.26. The van der Waals surface area contributed by atoms with E-state index in [0.29, 0.717) is 4.91 Å². The molecule has 9 heteroatoms. The maximum atomic E-state index is 12.3. The molecule has 1 aromatic carbocycles. The Morgan fingerprint density at radius 1 is 1.36 bits per heavy atom. The van der Waals surface area contributed by atoms with Crippen LogP contribution in [0.3, 0.4) is 0 Å². The van der Waals surface area contributed by atoms with Crippen molar-refractivity contribution in [3.8, 4) is 0 Å². The lowest BCUT2D eigenvalue weighted by molar-refractivity contribution is -0.384. The second-order valence-electron chi connectivity index (χ2n) is 5.53. The number of carbonyl (C=O) groups is 1. The van der Waals surface area contributed by atoms with Gasteiger partial charge < -0.3 is 9.84 Å². The predicted octanol–water partition coefficient (Wildman–Crippen LogP) is 4.18. The Balaban J connectivity index is 2.05. The van der Waals surface area contributed by atoms with Crippen molar-refractivity contribution in [1.82, 2.24) is 4.98 Å². The Morgan fingerprint density at radius 3 is 2.79 bits per heavy atom. The zero-order valence-electron chi connectivity index (χ0n) is 14.7. The van der Waals surface area contributed by atoms with E-state index < -0.39 is 10.9 Å². The van der Waals surface area contributed by atoms with Crippen molar-refractivity contribution >= 4 is 40.2 Å². The van der Waals surface area contributed by atoms with Crippen LogP contribution in [0, 0.1) is 10.1 Å². The van der Waals surface area contributed by atoms with Gasteiger partial charge in [-0.1, -0.05) is 17.8 Å². The summed E-state index contributed by atoms with van der Waals surface area (Å²) in [4.78, 5) is 31.5. The van der Waals surface area contributed by atoms with Gasteiger partial charge in [-0.2, -0.15) is 0 Å². The number of esters is 1. The first-order valence-electron chi connectivity index (χ1n) is 8.23. The number of thioether (sulfide) groups is 1. The summed E-state index contributed by atoms with van der Waals surface area (Å²) in [5.74, 6) is -0.959. The van der Waals surface area contributed by atoms with Gasteiger partial charge in [0.25, 0.3) is 5.69 Å². The van der Waals surface area contributed by atoms with E-state index >= 15 is 0 Å². The average molecular weight is 397 g/mol. The molecule has 0 fully saturated rings. The first kappa shape index (κ1) is 19.3. The molecular formula is C19H15N3O5S. The number of nitrogens with zero attached hydrogens (tertiary/aromatic N) is 3. The molecule has 0 amide bonds. The van der Waals surface area contributed by atoms with E-state index in [2.05, 4.69) is 9.98 Å². The molecule has 8 nitrogen and oxygen atoms in total. The van der Waals surface area contributed by atoms with Crippen LogP contribution in [0.2, 0.25) is 0 Å². The summed E-state index contributed by atoms with van der Waals surface area (Å²) < 4.78 is 5.03. The number of nitro benzene ring substituents is 1. The molecule has 0 saturated heterocycles. The van der Waals surface area contributed by atoms with Crippen molar-refractivity contribution in [2.75, 3.05) is 6.61 Å². The first-order valence-corrected chi connectivity index (χ1v) is 9.05. The number of rotatable bonds is 5. The Labute approximate surface area is 164 Å². The molecule has 0 atom stereocenters. The highest BCUT2D eigenvalue weighted by atomic mass is 32.2. The minimum Gasteiger partial charge on any atom is -0.506 e. The summed E-state index contributed by atoms with van der Waals surface area (Å²) in [6.07, 6.45) is 4.91. The third-order valence-corrected chi connectivity index (χ3v) is 4.67. The van der Waals surface area contributed by atoms with E-state index in [1.54, 1.807) is 43.6 Å². The van der Waals surface area contributed by atoms with Crippen molar-refractivity contribution in [1.29, 1.82) is 0 Å². The fraction of sp³-hybridized carbons (Fsp3) is 0.105. The van der Waals surface area contributed by atoms with E-state index in [1.807, 2.05) is 0 Å². The van der Waals surface area contributed by atoms with E-state index in [0.717, 1.165) is 17.3 Å². The van der Waals surface area contributed by atoms with E-state index in [9.17, 15) is 20.0 Å². The molecule has 142 valence electrons. The van der Waals surface area contributed by atoms with Crippen LogP contribution in [0.1, 0.15) is 12.5 Å². The largest absolute Gasteiger partial charge is 0.506 e. The predicted molar refractivity (Wildman–Crippen MR) is 106 cm³/mol. The summed E-state index contributed by atoms with van der Waals surface area (Å²) in [5.41, 5.74) is 0.877. The number of benzene rings is 1. The molecule has 0 saturated carbocycles. The van der Waals surface area contributed by atoms with Crippen LogP contribution < -0.4 is 0 Å². The minimum absolute atomic E-state index is 0.0707. The van der Waals surface area contributed by atoms with Crippen molar-refractivity contribution in [2.24, 2.45) is 4.99 Å². The van der Waals surface area contributed by atoms with E-state index in [1.165, 1.54) is 18.2 Å². The number of hydrogen-bond donors (Lipinski definition) is 1. The van der Waals surface area contributed by atoms with Crippen LogP contribution in [0.5, 0.6) is 0 Å². The SMILES string of the molecule is CCOC(=O)C1=C(O)/C(=C\c2ccncc2)SC1=Nc1cccc([N+](=O)[O-])c1. The van der Waals surface area contributed by atoms with Gasteiger partial charge in [-0.3, -0.25) is 15.1 Å². The van der Waals surface area contributed by atoms with Gasteiger partial charge in [-0.05, 0) is 36.8 Å². The molecule has 2 heterocycles. The summed E-state index contributed by atoms with van der Waals surface area (Å²) in [6, 6.07) is 9.21. The topological polar surface area (TPSA) is 115 Å². The van der Waals surface area contributed by atoms with Crippen LogP contribution in [-0.4, -0.2) is 32.6 Å². The highest BCUT2D eigenvalue weighted by molar-refractivity contribution is 8.18. The van der Waals surface area contributed by atoms with Crippen molar-refractivity contribution in [2.45, 2.75) is 6.92 Å². The van der Waals surface area contributed by atoms with Crippen LogP contribution in [0.25, 0.3) is 6.08 Å². The van der Waals surface area contributed by atoms with Crippen molar-refractivity contribution < 1.29 is 19.6 Å². The van der Waals surface area contributed by atoms with Gasteiger partial charge in [-0.15, -0.1) is 0 Å². The molecular weight excluding hydrogens is 382 g/mol. The number of aliphatic hydroxyl groups is 1. The van der Waals surface area contributed by atoms with Crippen LogP contribution >= 0.6 is 11.8 Å². The van der Waals surface area contributed by atoms with Gasteiger partial charge in [-0.25, -0.2) is 9.79 Å². The number of ether oxygens (including phenoxy) is 1. The number of hydrogen-bond acceptors (Lipinski definition) is 8. The normalized spacial score (nSPS) is 16.6. The number of aromatic nitrogens is 1. The lowest BCUT2D eigenvalue weighted by Crippen LogP contribution is -2.12. The summed E-state index contributed by atoms with van der Waals surface area (Å²) in [6.45, 7) is 1.79. The molecule has 1 N–H and O–H groups in total. The average Bonchev–Trinajstić information content (AvgIpc) is 2.98. The molecule has 28 heavy (non-hydrogen) atoms. The van der Waals surface area contributed by atoms with Gasteiger partial charge >= 0.3 is 5.97 Å². The Morgan fingerprint density at radius 2 is 2.11 bits per heavy atom. The molecule has 3 rings (SSSR count). The lowest BCUT2D eigenvalue weighted by Gasteiger charge is -2.03. The molecule has 0 spiro atoms. The zero-order chi connectivity index (χ0) is 20.1. The first-order chi connectivity index (χ1) is 13.5. The fourth-order valence-corrected chi connectivity index (χ4v) is 3.43. The number of carbonyl (C=O) groups excluding carboxylic acids is 1. The lowest BCUT2D eigenvalue weighted by atomic mass is 10.2. The quantitative estimate of drug-likeness (QED) is 0.457. The van der Waals surface area contributed by atoms with Gasteiger partial charge in [0.15, 0.2) is 0 Å². The molecule has 0 aliphatic carbocycles. The smallest absolute Gasteiger partial charge is 0.344 e. The maximum absolute atomic E-state index is 12.3. The zero-order valence-corrected chi connectivity index (χ0v) is 15.5. The molecule has 1 aliphatic rings. The number of aliphatic imine (C=N–C) groups is 1. The standard InChI is InChI=1S/C19H15N3O5S/c1-2-27-19(24)16-17(23)15(10-12-6-8-20-9-7-12)28-18(16)21-13-4-3-5-14(11-13)22(25)26/h3-11,23H,2H2,1H3/b15-10+,21-18?. The van der Waals surface area contributed by atoms with Crippen LogP contribution in [0.15, 0.2) is 70.0 Å². The minimum atomic E-state index is -0.713. The molecule has 0 bridgehead atoms. The number of non-ortho nitro benzene ring substituents is 1. The molecule has 1 aromatic heterocycles. The van der Waals surface area contributed by atoms with Crippen molar-refractivity contribution in [3.63, 3.8) is 0 Å². The molecule has 0 unspecified atom stereocenters. The summed E-state index contributed by atoms with van der Waals surface area (Å²) >= 11 is 1.08. The Kier molecular flexibility index (Phi) is 5.85. The van der Waals surface area contributed by atoms with Gasteiger partial charge in [0.05, 0.1) is 22.1 Å². The monoisotopic (exact) mass is 397 g/mol. The molecule has 2 aromatic rings. The Hall–Kier alpha value is -3.46. The van der Waals surface area contributed by atoms with Crippen molar-refractivity contribution in [3.05, 3.63) is 80.7 Å². The molecule has 0 radical (unpaired) electrons. The fourth-order valence-electron chi connectivity index (χ4n) is 2.40. The van der Waals surface area contributed by atoms with Crippen LogP contribution in [-0.2, 0) is 9.53 Å². The summed E-state index contributed by atoms with van der Waals surface area (Å²) in [7, 11) is 0. The number of pyridine rings is 1. The van der Waals surface area contributed by atoms with Gasteiger partial charge in [0.2, 0.25) is 0 Å². The number of nitro groups is 1. The highest BCUT2D eigenvalue weighted by Crippen LogP contribution is 2.40. The highest BCUT2D eigenvalue weighted by Gasteiger charge is 2.33. The van der Waals surface area contributed by atoms with E-state index in [-0.39, 0.29) is 34.4 Å². The number of aliphatic hydroxyl groups excluding tert-OH is 1. The van der Waals surface area contributed by atoms with Gasteiger partial charge in [0, 0.05) is 24.5 Å². The molecule has 1 aliphatic heterocycles. The Bertz CT molecular complexity index is 1020. The van der Waals surface area contributed by atoms with E-state index in [4.69, 9.17) is 4.74 Å². The second-order valence-corrected chi connectivity index (χ2v) is 6.56.